The Morgan fingerprint density at radius 1 is 0.364 bits per heavy atom. The van der Waals surface area contributed by atoms with E-state index < -0.39 is 0 Å². The third kappa shape index (κ3) is 11.7. The van der Waals surface area contributed by atoms with Crippen LogP contribution in [0.5, 0.6) is 0 Å². The molecule has 2 aliphatic carbocycles. The summed E-state index contributed by atoms with van der Waals surface area (Å²) < 4.78 is 0. The van der Waals surface area contributed by atoms with Crippen molar-refractivity contribution in [1.29, 1.82) is 0 Å². The fraction of sp³-hybridized carbons (Fsp3) is 1.00. The molecule has 2 heteroatoms. The average Bonchev–Trinajstić information content (AvgIpc) is 2.83. The smallest absolute Gasteiger partial charge is 0.00955 e. The van der Waals surface area contributed by atoms with E-state index in [4.69, 9.17) is 0 Å². The first kappa shape index (κ1) is 27.9. The maximum absolute atomic E-state index is 2.93. The summed E-state index contributed by atoms with van der Waals surface area (Å²) in [5.41, 5.74) is 0. The lowest BCUT2D eigenvalue weighted by Gasteiger charge is -2.39. The molecule has 33 heavy (non-hydrogen) atoms. The van der Waals surface area contributed by atoms with Gasteiger partial charge in [-0.1, -0.05) is 116 Å². The topological polar surface area (TPSA) is 3.24 Å². The quantitative estimate of drug-likeness (QED) is 0.341. The van der Waals surface area contributed by atoms with Crippen LogP contribution >= 0.6 is 11.8 Å². The first-order valence-corrected chi connectivity index (χ1v) is 16.6. The summed E-state index contributed by atoms with van der Waals surface area (Å²) in [7, 11) is 2.54. The van der Waals surface area contributed by atoms with Gasteiger partial charge in [0.2, 0.25) is 0 Å². The zero-order valence-corrected chi connectivity index (χ0v) is 23.4. The summed E-state index contributed by atoms with van der Waals surface area (Å²) in [4.78, 5) is 2.93. The highest BCUT2D eigenvalue weighted by Crippen LogP contribution is 2.36. The standard InChI is InChI=1S/C31H59NS/c1-32-28-20-16-12-8-4-2-6-10-14-18-22-30(26-24-28)33-31-23-19-15-11-7-3-5-9-13-17-21-29(32)25-27-31/h28-31H,2-27H2,1H3. The highest BCUT2D eigenvalue weighted by atomic mass is 32.2. The summed E-state index contributed by atoms with van der Waals surface area (Å²) in [5, 5.41) is 1.88. The van der Waals surface area contributed by atoms with Crippen molar-refractivity contribution in [2.24, 2.45) is 0 Å². The molecule has 1 heterocycles. The predicted octanol–water partition coefficient (Wildman–Crippen LogP) is 10.3. The third-order valence-corrected chi connectivity index (χ3v) is 11.0. The molecular formula is C31H59NS. The van der Waals surface area contributed by atoms with Crippen molar-refractivity contribution in [3.05, 3.63) is 0 Å². The second-order valence-corrected chi connectivity index (χ2v) is 13.6. The minimum absolute atomic E-state index is 0.849. The molecule has 2 saturated carbocycles. The van der Waals surface area contributed by atoms with E-state index in [0.717, 1.165) is 22.6 Å². The van der Waals surface area contributed by atoms with Crippen LogP contribution in [0.4, 0.5) is 0 Å². The molecule has 0 aromatic heterocycles. The Balaban J connectivity index is 1.69. The van der Waals surface area contributed by atoms with Gasteiger partial charge in [-0.25, -0.2) is 0 Å². The van der Waals surface area contributed by atoms with Crippen LogP contribution in [-0.4, -0.2) is 34.5 Å². The first-order chi connectivity index (χ1) is 16.3. The van der Waals surface area contributed by atoms with Crippen LogP contribution < -0.4 is 0 Å². The van der Waals surface area contributed by atoms with Crippen molar-refractivity contribution in [3.63, 3.8) is 0 Å². The second kappa shape index (κ2) is 17.7. The average molecular weight is 478 g/mol. The molecule has 3 fully saturated rings. The van der Waals surface area contributed by atoms with Gasteiger partial charge in [0.15, 0.2) is 0 Å². The van der Waals surface area contributed by atoms with E-state index in [1.807, 2.05) is 0 Å². The molecule has 0 radical (unpaired) electrons. The van der Waals surface area contributed by atoms with Gasteiger partial charge in [0.05, 0.1) is 0 Å². The molecule has 194 valence electrons. The van der Waals surface area contributed by atoms with Crippen LogP contribution in [0.25, 0.3) is 0 Å². The fourth-order valence-electron chi connectivity index (χ4n) is 6.97. The molecule has 1 aliphatic heterocycles. The number of nitrogens with zero attached hydrogens (tertiary/aromatic N) is 1. The molecule has 0 spiro atoms. The Kier molecular flexibility index (Phi) is 15.0. The monoisotopic (exact) mass is 477 g/mol. The molecule has 3 rings (SSSR count). The summed E-state index contributed by atoms with van der Waals surface area (Å²) in [5.74, 6) is 0. The van der Waals surface area contributed by atoms with E-state index in [9.17, 15) is 0 Å². The minimum Gasteiger partial charge on any atom is -0.300 e. The Bertz CT molecular complexity index is 426. The second-order valence-electron chi connectivity index (χ2n) is 12.0. The van der Waals surface area contributed by atoms with Crippen LogP contribution in [0.1, 0.15) is 167 Å². The zero-order valence-electron chi connectivity index (χ0n) is 22.5. The summed E-state index contributed by atoms with van der Waals surface area (Å²) in [6, 6.07) is 1.70. The molecule has 4 bridgehead atoms. The van der Waals surface area contributed by atoms with Crippen molar-refractivity contribution in [1.82, 2.24) is 4.90 Å². The molecule has 0 aromatic carbocycles. The van der Waals surface area contributed by atoms with E-state index in [1.54, 1.807) is 0 Å². The van der Waals surface area contributed by atoms with Gasteiger partial charge >= 0.3 is 0 Å². The van der Waals surface area contributed by atoms with E-state index >= 15 is 0 Å². The summed E-state index contributed by atoms with van der Waals surface area (Å²) >= 11 is 2.47. The third-order valence-electron chi connectivity index (χ3n) is 9.31. The van der Waals surface area contributed by atoms with Crippen molar-refractivity contribution in [2.45, 2.75) is 190 Å². The molecule has 4 unspecified atom stereocenters. The molecule has 0 amide bonds. The maximum atomic E-state index is 2.93. The van der Waals surface area contributed by atoms with Gasteiger partial charge in [0.1, 0.15) is 0 Å². The van der Waals surface area contributed by atoms with Gasteiger partial charge in [-0.05, 0) is 58.4 Å². The van der Waals surface area contributed by atoms with Gasteiger partial charge < -0.3 is 4.90 Å². The predicted molar refractivity (Wildman–Crippen MR) is 151 cm³/mol. The SMILES string of the molecule is CN1C2CCCCCCCCCCCC(CC2)SC2CCCCCCCCCCCC1CC2. The molecule has 0 N–H and O–H groups in total. The Hall–Kier alpha value is 0.310. The van der Waals surface area contributed by atoms with Gasteiger partial charge in [-0.15, -0.1) is 0 Å². The number of rotatable bonds is 0. The first-order valence-electron chi connectivity index (χ1n) is 15.7. The molecule has 4 atom stereocenters. The van der Waals surface area contributed by atoms with Crippen LogP contribution in [0.15, 0.2) is 0 Å². The largest absolute Gasteiger partial charge is 0.300 e. The van der Waals surface area contributed by atoms with E-state index in [0.29, 0.717) is 0 Å². The van der Waals surface area contributed by atoms with Crippen molar-refractivity contribution in [3.8, 4) is 0 Å². The molecule has 1 nitrogen and oxygen atoms in total. The van der Waals surface area contributed by atoms with Gasteiger partial charge in [-0.3, -0.25) is 0 Å². The fourth-order valence-corrected chi connectivity index (χ4v) is 8.66. The lowest BCUT2D eigenvalue weighted by Crippen LogP contribution is -2.41. The molecular weight excluding hydrogens is 418 g/mol. The van der Waals surface area contributed by atoms with Crippen molar-refractivity contribution >= 4 is 11.8 Å². The number of hydrogen-bond acceptors (Lipinski definition) is 2. The van der Waals surface area contributed by atoms with Gasteiger partial charge in [-0.2, -0.15) is 11.8 Å². The number of hydrogen-bond donors (Lipinski definition) is 0. The minimum atomic E-state index is 0.849. The number of thioether (sulfide) groups is 1. The van der Waals surface area contributed by atoms with E-state index in [1.165, 1.54) is 167 Å². The van der Waals surface area contributed by atoms with Crippen LogP contribution in [-0.2, 0) is 0 Å². The zero-order chi connectivity index (χ0) is 23.0. The Morgan fingerprint density at radius 3 is 1.03 bits per heavy atom. The molecule has 1 saturated heterocycles. The molecule has 3 aliphatic rings. The number of fused-ring (bicyclic) bond motifs is 6. The van der Waals surface area contributed by atoms with Crippen molar-refractivity contribution in [2.75, 3.05) is 7.05 Å². The van der Waals surface area contributed by atoms with E-state index in [-0.39, 0.29) is 0 Å². The maximum Gasteiger partial charge on any atom is 0.00955 e. The lowest BCUT2D eigenvalue weighted by molar-refractivity contribution is 0.131. The van der Waals surface area contributed by atoms with Crippen LogP contribution in [0.2, 0.25) is 0 Å². The highest BCUT2D eigenvalue weighted by molar-refractivity contribution is 8.00. The summed E-state index contributed by atoms with van der Waals surface area (Å²) in [6.45, 7) is 0. The van der Waals surface area contributed by atoms with Crippen LogP contribution in [0, 0.1) is 0 Å². The highest BCUT2D eigenvalue weighted by Gasteiger charge is 2.28. The lowest BCUT2D eigenvalue weighted by atomic mass is 9.94. The Morgan fingerprint density at radius 2 is 0.667 bits per heavy atom. The molecule has 0 aromatic rings. The van der Waals surface area contributed by atoms with Crippen molar-refractivity contribution < 1.29 is 0 Å². The van der Waals surface area contributed by atoms with Gasteiger partial charge in [0, 0.05) is 22.6 Å². The van der Waals surface area contributed by atoms with E-state index in [2.05, 4.69) is 23.7 Å². The Labute approximate surface area is 213 Å². The van der Waals surface area contributed by atoms with Gasteiger partial charge in [0.25, 0.3) is 0 Å². The van der Waals surface area contributed by atoms with Crippen LogP contribution in [0.3, 0.4) is 0 Å². The summed E-state index contributed by atoms with van der Waals surface area (Å²) in [6.07, 6.45) is 38.6. The normalized spacial score (nSPS) is 34.5.